The molecular weight excluding hydrogens is 262 g/mol. The zero-order valence-corrected chi connectivity index (χ0v) is 11.1. The van der Waals surface area contributed by atoms with Crippen molar-refractivity contribution in [3.8, 4) is 16.9 Å². The maximum absolute atomic E-state index is 11.1. The van der Waals surface area contributed by atoms with E-state index in [9.17, 15) is 10.1 Å². The molecule has 0 N–H and O–H groups in total. The summed E-state index contributed by atoms with van der Waals surface area (Å²) in [5.41, 5.74) is 3.36. The fourth-order valence-corrected chi connectivity index (χ4v) is 2.40. The van der Waals surface area contributed by atoms with Gasteiger partial charge in [-0.05, 0) is 17.2 Å². The highest BCUT2D eigenvalue weighted by Gasteiger charge is 2.24. The lowest BCUT2D eigenvalue weighted by Gasteiger charge is -2.08. The van der Waals surface area contributed by atoms with Gasteiger partial charge in [0.2, 0.25) is 0 Å². The fourth-order valence-electron chi connectivity index (χ4n) is 2.40. The molecule has 0 saturated carbocycles. The van der Waals surface area contributed by atoms with Crippen LogP contribution in [0.25, 0.3) is 11.1 Å². The van der Waals surface area contributed by atoms with Gasteiger partial charge in [0.05, 0.1) is 37.1 Å². The molecule has 7 nitrogen and oxygen atoms in total. The molecule has 0 saturated heterocycles. The number of ether oxygens (including phenoxy) is 2. The van der Waals surface area contributed by atoms with Crippen molar-refractivity contribution in [2.75, 3.05) is 7.11 Å². The second kappa shape index (κ2) is 4.61. The summed E-state index contributed by atoms with van der Waals surface area (Å²) in [5, 5.41) is 15.3. The number of hydrogen-bond donors (Lipinski definition) is 0. The highest BCUT2D eigenvalue weighted by atomic mass is 16.6. The van der Waals surface area contributed by atoms with Crippen molar-refractivity contribution >= 4 is 5.69 Å². The minimum absolute atomic E-state index is 0.0528. The average Bonchev–Trinajstić information content (AvgIpc) is 2.70. The van der Waals surface area contributed by atoms with Crippen molar-refractivity contribution in [2.45, 2.75) is 13.2 Å². The van der Waals surface area contributed by atoms with Gasteiger partial charge in [-0.2, -0.15) is 5.10 Å². The van der Waals surface area contributed by atoms with Crippen molar-refractivity contribution in [1.29, 1.82) is 0 Å². The first-order valence-electron chi connectivity index (χ1n) is 6.06. The number of methoxy groups -OCH3 is 1. The molecule has 0 amide bonds. The van der Waals surface area contributed by atoms with Crippen molar-refractivity contribution in [2.24, 2.45) is 7.05 Å². The molecule has 2 heterocycles. The number of nitro benzene ring substituents is 1. The van der Waals surface area contributed by atoms with Crippen LogP contribution in [0, 0.1) is 10.1 Å². The van der Waals surface area contributed by atoms with Crippen LogP contribution < -0.4 is 4.74 Å². The number of nitro groups is 1. The first-order chi connectivity index (χ1) is 9.61. The molecular formula is C13H13N3O4. The van der Waals surface area contributed by atoms with Crippen molar-refractivity contribution in [1.82, 2.24) is 9.78 Å². The highest BCUT2D eigenvalue weighted by Crippen LogP contribution is 2.38. The van der Waals surface area contributed by atoms with E-state index in [0.29, 0.717) is 13.2 Å². The number of hydrogen-bond acceptors (Lipinski definition) is 5. The van der Waals surface area contributed by atoms with Gasteiger partial charge >= 0.3 is 5.69 Å². The van der Waals surface area contributed by atoms with Crippen LogP contribution in [0.4, 0.5) is 5.69 Å². The Bertz CT molecular complexity index is 693. The molecule has 1 aliphatic heterocycles. The molecule has 1 aliphatic rings. The Morgan fingerprint density at radius 3 is 2.90 bits per heavy atom. The highest BCUT2D eigenvalue weighted by molar-refractivity contribution is 5.74. The summed E-state index contributed by atoms with van der Waals surface area (Å²) in [7, 11) is 3.24. The van der Waals surface area contributed by atoms with E-state index in [0.717, 1.165) is 22.4 Å². The maximum atomic E-state index is 11.1. The topological polar surface area (TPSA) is 79.4 Å². The van der Waals surface area contributed by atoms with Crippen LogP contribution in [0.3, 0.4) is 0 Å². The summed E-state index contributed by atoms with van der Waals surface area (Å²) in [6.07, 6.45) is 1.71. The van der Waals surface area contributed by atoms with E-state index >= 15 is 0 Å². The largest absolute Gasteiger partial charge is 0.490 e. The molecule has 1 aromatic heterocycles. The van der Waals surface area contributed by atoms with Crippen LogP contribution in [-0.4, -0.2) is 21.8 Å². The SMILES string of the molecule is COc1cc2c(cc1[N+](=O)[O-])-c1cnn(C)c1COC2. The molecule has 0 unspecified atom stereocenters. The first-order valence-corrected chi connectivity index (χ1v) is 6.06. The number of benzene rings is 1. The number of nitrogens with zero attached hydrogens (tertiary/aromatic N) is 3. The molecule has 0 aliphatic carbocycles. The van der Waals surface area contributed by atoms with Gasteiger partial charge in [0.25, 0.3) is 0 Å². The van der Waals surface area contributed by atoms with E-state index in [2.05, 4.69) is 5.10 Å². The summed E-state index contributed by atoms with van der Waals surface area (Å²) < 4.78 is 12.4. The Morgan fingerprint density at radius 2 is 2.20 bits per heavy atom. The molecule has 0 spiro atoms. The molecule has 20 heavy (non-hydrogen) atoms. The molecule has 104 valence electrons. The van der Waals surface area contributed by atoms with E-state index in [1.807, 2.05) is 7.05 Å². The zero-order chi connectivity index (χ0) is 14.3. The van der Waals surface area contributed by atoms with Crippen LogP contribution in [0.1, 0.15) is 11.3 Å². The minimum atomic E-state index is -0.444. The van der Waals surface area contributed by atoms with Gasteiger partial charge in [-0.1, -0.05) is 0 Å². The van der Waals surface area contributed by atoms with Crippen molar-refractivity contribution in [3.63, 3.8) is 0 Å². The van der Waals surface area contributed by atoms with Gasteiger partial charge in [0.15, 0.2) is 5.75 Å². The zero-order valence-electron chi connectivity index (χ0n) is 11.1. The Kier molecular flexibility index (Phi) is 2.90. The number of aryl methyl sites for hydroxylation is 1. The monoisotopic (exact) mass is 275 g/mol. The second-order valence-electron chi connectivity index (χ2n) is 4.56. The Balaban J connectivity index is 2.26. The third-order valence-electron chi connectivity index (χ3n) is 3.45. The second-order valence-corrected chi connectivity index (χ2v) is 4.56. The smallest absolute Gasteiger partial charge is 0.311 e. The number of fused-ring (bicyclic) bond motifs is 3. The normalized spacial score (nSPS) is 13.3. The quantitative estimate of drug-likeness (QED) is 0.619. The summed E-state index contributed by atoms with van der Waals surface area (Å²) in [5.74, 6) is 0.240. The van der Waals surface area contributed by atoms with Gasteiger partial charge in [-0.3, -0.25) is 14.8 Å². The summed E-state index contributed by atoms with van der Waals surface area (Å²) >= 11 is 0. The molecule has 3 rings (SSSR count). The Hall–Kier alpha value is -2.41. The minimum Gasteiger partial charge on any atom is -0.490 e. The predicted octanol–water partition coefficient (Wildman–Crippen LogP) is 2.03. The Morgan fingerprint density at radius 1 is 1.40 bits per heavy atom. The van der Waals surface area contributed by atoms with Gasteiger partial charge in [-0.15, -0.1) is 0 Å². The number of rotatable bonds is 2. The van der Waals surface area contributed by atoms with Crippen molar-refractivity contribution < 1.29 is 14.4 Å². The van der Waals surface area contributed by atoms with Crippen molar-refractivity contribution in [3.05, 3.63) is 39.7 Å². The summed E-state index contributed by atoms with van der Waals surface area (Å²) in [4.78, 5) is 10.7. The van der Waals surface area contributed by atoms with E-state index in [-0.39, 0.29) is 11.4 Å². The third-order valence-corrected chi connectivity index (χ3v) is 3.45. The number of aromatic nitrogens is 2. The van der Waals surface area contributed by atoms with Gasteiger partial charge in [0.1, 0.15) is 0 Å². The van der Waals surface area contributed by atoms with Crippen LogP contribution in [0.2, 0.25) is 0 Å². The Labute approximate surface area is 114 Å². The van der Waals surface area contributed by atoms with E-state index < -0.39 is 4.92 Å². The molecule has 2 aromatic rings. The van der Waals surface area contributed by atoms with E-state index in [4.69, 9.17) is 9.47 Å². The van der Waals surface area contributed by atoms with Gasteiger partial charge in [0, 0.05) is 18.7 Å². The van der Waals surface area contributed by atoms with Gasteiger partial charge < -0.3 is 9.47 Å². The van der Waals surface area contributed by atoms with E-state index in [1.165, 1.54) is 13.2 Å². The molecule has 7 heteroatoms. The lowest BCUT2D eigenvalue weighted by molar-refractivity contribution is -0.385. The predicted molar refractivity (Wildman–Crippen MR) is 70.3 cm³/mol. The average molecular weight is 275 g/mol. The molecule has 0 radical (unpaired) electrons. The first kappa shape index (κ1) is 12.6. The standard InChI is InChI=1S/C13H13N3O4/c1-15-12-7-20-6-8-3-13(19-2)11(16(17)18)4-9(8)10(12)5-14-15/h3-5H,6-7H2,1-2H3. The molecule has 0 fully saturated rings. The van der Waals surface area contributed by atoms with Crippen LogP contribution in [-0.2, 0) is 25.0 Å². The molecule has 0 bridgehead atoms. The summed E-state index contributed by atoms with van der Waals surface area (Å²) in [6, 6.07) is 3.19. The lowest BCUT2D eigenvalue weighted by Crippen LogP contribution is -1.99. The molecule has 1 aromatic carbocycles. The maximum Gasteiger partial charge on any atom is 0.311 e. The van der Waals surface area contributed by atoms with Crippen LogP contribution in [0.5, 0.6) is 5.75 Å². The summed E-state index contributed by atoms with van der Waals surface area (Å²) in [6.45, 7) is 0.814. The molecule has 0 atom stereocenters. The van der Waals surface area contributed by atoms with Crippen LogP contribution in [0.15, 0.2) is 18.3 Å². The lowest BCUT2D eigenvalue weighted by atomic mass is 10.00. The van der Waals surface area contributed by atoms with Crippen LogP contribution >= 0.6 is 0 Å². The van der Waals surface area contributed by atoms with E-state index in [1.54, 1.807) is 16.9 Å². The third kappa shape index (κ3) is 1.83. The fraction of sp³-hybridized carbons (Fsp3) is 0.308. The van der Waals surface area contributed by atoms with Gasteiger partial charge in [-0.25, -0.2) is 0 Å².